The van der Waals surface area contributed by atoms with Crippen LogP contribution in [0.5, 0.6) is 5.75 Å². The fourth-order valence-corrected chi connectivity index (χ4v) is 2.82. The third-order valence-corrected chi connectivity index (χ3v) is 4.10. The van der Waals surface area contributed by atoms with Gasteiger partial charge in [0.25, 0.3) is 0 Å². The maximum atomic E-state index is 13.1. The third-order valence-electron chi connectivity index (χ3n) is 4.10. The lowest BCUT2D eigenvalue weighted by atomic mass is 10.0. The van der Waals surface area contributed by atoms with Crippen molar-refractivity contribution in [2.24, 2.45) is 0 Å². The molecule has 1 aromatic carbocycles. The molecule has 1 aliphatic rings. The number of aromatic hydroxyl groups is 1. The van der Waals surface area contributed by atoms with Crippen LogP contribution >= 0.6 is 0 Å². The first-order valence-corrected chi connectivity index (χ1v) is 7.59. The number of halogens is 1. The maximum absolute atomic E-state index is 13.1. The lowest BCUT2D eigenvalue weighted by Gasteiger charge is -2.33. The van der Waals surface area contributed by atoms with Crippen LogP contribution in [-0.2, 0) is 6.54 Å². The van der Waals surface area contributed by atoms with E-state index in [2.05, 4.69) is 17.1 Å². The van der Waals surface area contributed by atoms with Crippen LogP contribution in [0.3, 0.4) is 0 Å². The first kappa shape index (κ1) is 15.3. The van der Waals surface area contributed by atoms with E-state index >= 15 is 0 Å². The van der Waals surface area contributed by atoms with E-state index in [0.717, 1.165) is 19.5 Å². The van der Waals surface area contributed by atoms with Gasteiger partial charge >= 0.3 is 0 Å². The van der Waals surface area contributed by atoms with Gasteiger partial charge in [0.05, 0.1) is 0 Å². The Bertz CT molecular complexity index is 425. The molecule has 20 heavy (non-hydrogen) atoms. The Balaban J connectivity index is 1.65. The number of likely N-dealkylation sites (tertiary alicyclic amines) is 1. The average Bonchev–Trinajstić information content (AvgIpc) is 2.44. The normalized spacial score (nSPS) is 20.2. The van der Waals surface area contributed by atoms with Crippen molar-refractivity contribution < 1.29 is 9.50 Å². The SMILES string of the molecule is CC1CCCCN1CCCNCc1cc(F)ccc1O. The van der Waals surface area contributed by atoms with Gasteiger partial charge in [-0.3, -0.25) is 0 Å². The summed E-state index contributed by atoms with van der Waals surface area (Å²) in [5, 5.41) is 12.9. The molecule has 2 rings (SSSR count). The zero-order chi connectivity index (χ0) is 14.4. The zero-order valence-corrected chi connectivity index (χ0v) is 12.2. The van der Waals surface area contributed by atoms with Crippen molar-refractivity contribution in [1.29, 1.82) is 0 Å². The van der Waals surface area contributed by atoms with Gasteiger partial charge in [-0.15, -0.1) is 0 Å². The molecule has 0 bridgehead atoms. The van der Waals surface area contributed by atoms with Crippen molar-refractivity contribution in [3.8, 4) is 5.75 Å². The first-order chi connectivity index (χ1) is 9.66. The zero-order valence-electron chi connectivity index (χ0n) is 12.2. The summed E-state index contributed by atoms with van der Waals surface area (Å²) in [5.74, 6) is -0.148. The molecule has 4 heteroatoms. The van der Waals surface area contributed by atoms with Gasteiger partial charge in [-0.2, -0.15) is 0 Å². The number of nitrogens with zero attached hydrogens (tertiary/aromatic N) is 1. The molecule has 112 valence electrons. The summed E-state index contributed by atoms with van der Waals surface area (Å²) in [4.78, 5) is 2.55. The molecule has 0 aromatic heterocycles. The summed E-state index contributed by atoms with van der Waals surface area (Å²) in [6.45, 7) is 6.03. The fraction of sp³-hybridized carbons (Fsp3) is 0.625. The van der Waals surface area contributed by atoms with Crippen molar-refractivity contribution in [1.82, 2.24) is 10.2 Å². The standard InChI is InChI=1S/C16H25FN2O/c1-13-5-2-3-9-19(13)10-4-8-18-12-14-11-15(17)6-7-16(14)20/h6-7,11,13,18,20H,2-5,8-10,12H2,1H3. The van der Waals surface area contributed by atoms with E-state index < -0.39 is 0 Å². The van der Waals surface area contributed by atoms with Gasteiger partial charge in [-0.05, 0) is 64.0 Å². The number of nitrogens with one attached hydrogen (secondary N) is 1. The van der Waals surface area contributed by atoms with Crippen molar-refractivity contribution in [3.05, 3.63) is 29.6 Å². The van der Waals surface area contributed by atoms with E-state index in [0.29, 0.717) is 18.2 Å². The molecule has 1 atom stereocenters. The van der Waals surface area contributed by atoms with Crippen molar-refractivity contribution in [2.45, 2.75) is 45.2 Å². The summed E-state index contributed by atoms with van der Waals surface area (Å²) in [5.41, 5.74) is 0.622. The topological polar surface area (TPSA) is 35.5 Å². The highest BCUT2D eigenvalue weighted by molar-refractivity contribution is 5.32. The summed E-state index contributed by atoms with van der Waals surface area (Å²) in [7, 11) is 0. The molecular weight excluding hydrogens is 255 g/mol. The van der Waals surface area contributed by atoms with E-state index in [-0.39, 0.29) is 11.6 Å². The summed E-state index contributed by atoms with van der Waals surface area (Å²) < 4.78 is 13.1. The summed E-state index contributed by atoms with van der Waals surface area (Å²) in [6, 6.07) is 4.77. The Morgan fingerprint density at radius 1 is 1.40 bits per heavy atom. The maximum Gasteiger partial charge on any atom is 0.123 e. The van der Waals surface area contributed by atoms with Crippen LogP contribution in [0.2, 0.25) is 0 Å². The van der Waals surface area contributed by atoms with Crippen molar-refractivity contribution >= 4 is 0 Å². The van der Waals surface area contributed by atoms with Gasteiger partial charge in [-0.25, -0.2) is 4.39 Å². The molecular formula is C16H25FN2O. The van der Waals surface area contributed by atoms with Crippen molar-refractivity contribution in [2.75, 3.05) is 19.6 Å². The minimum Gasteiger partial charge on any atom is -0.508 e. The molecule has 1 saturated heterocycles. The van der Waals surface area contributed by atoms with Crippen LogP contribution in [0, 0.1) is 5.82 Å². The Hall–Kier alpha value is -1.13. The predicted octanol–water partition coefficient (Wildman–Crippen LogP) is 2.89. The smallest absolute Gasteiger partial charge is 0.123 e. The minimum absolute atomic E-state index is 0.156. The number of hydrogen-bond donors (Lipinski definition) is 2. The van der Waals surface area contributed by atoms with Gasteiger partial charge in [0.1, 0.15) is 11.6 Å². The largest absolute Gasteiger partial charge is 0.508 e. The fourth-order valence-electron chi connectivity index (χ4n) is 2.82. The molecule has 1 fully saturated rings. The van der Waals surface area contributed by atoms with Crippen LogP contribution in [0.15, 0.2) is 18.2 Å². The highest BCUT2D eigenvalue weighted by Crippen LogP contribution is 2.18. The van der Waals surface area contributed by atoms with Gasteiger partial charge in [0.15, 0.2) is 0 Å². The highest BCUT2D eigenvalue weighted by atomic mass is 19.1. The number of benzene rings is 1. The van der Waals surface area contributed by atoms with Gasteiger partial charge in [0, 0.05) is 18.2 Å². The molecule has 1 aromatic rings. The molecule has 1 aliphatic heterocycles. The minimum atomic E-state index is -0.304. The number of rotatable bonds is 6. The van der Waals surface area contributed by atoms with E-state index in [1.807, 2.05) is 0 Å². The quantitative estimate of drug-likeness (QED) is 0.787. The van der Waals surface area contributed by atoms with Gasteiger partial charge in [-0.1, -0.05) is 6.42 Å². The summed E-state index contributed by atoms with van der Waals surface area (Å²) in [6.07, 6.45) is 5.06. The lowest BCUT2D eigenvalue weighted by Crippen LogP contribution is -2.38. The van der Waals surface area contributed by atoms with Crippen molar-refractivity contribution in [3.63, 3.8) is 0 Å². The number of phenolic OH excluding ortho intramolecular Hbond substituents is 1. The highest BCUT2D eigenvalue weighted by Gasteiger charge is 2.16. The second kappa shape index (κ2) is 7.60. The molecule has 0 aliphatic carbocycles. The van der Waals surface area contributed by atoms with Crippen LogP contribution in [0.1, 0.15) is 38.2 Å². The van der Waals surface area contributed by atoms with Crippen LogP contribution in [0.4, 0.5) is 4.39 Å². The second-order valence-corrected chi connectivity index (χ2v) is 5.68. The predicted molar refractivity (Wildman–Crippen MR) is 79.3 cm³/mol. The molecule has 1 heterocycles. The van der Waals surface area contributed by atoms with Crippen LogP contribution in [-0.4, -0.2) is 35.7 Å². The summed E-state index contributed by atoms with van der Waals surface area (Å²) >= 11 is 0. The molecule has 3 nitrogen and oxygen atoms in total. The molecule has 0 radical (unpaired) electrons. The Kier molecular flexibility index (Phi) is 5.80. The van der Waals surface area contributed by atoms with Crippen LogP contribution < -0.4 is 5.32 Å². The molecule has 0 saturated carbocycles. The molecule has 1 unspecified atom stereocenters. The number of phenols is 1. The van der Waals surface area contributed by atoms with E-state index in [9.17, 15) is 9.50 Å². The Morgan fingerprint density at radius 3 is 3.05 bits per heavy atom. The number of piperidine rings is 1. The van der Waals surface area contributed by atoms with E-state index in [4.69, 9.17) is 0 Å². The average molecular weight is 280 g/mol. The van der Waals surface area contributed by atoms with Gasteiger partial charge in [0.2, 0.25) is 0 Å². The van der Waals surface area contributed by atoms with Crippen LogP contribution in [0.25, 0.3) is 0 Å². The second-order valence-electron chi connectivity index (χ2n) is 5.68. The van der Waals surface area contributed by atoms with E-state index in [1.165, 1.54) is 44.0 Å². The Morgan fingerprint density at radius 2 is 2.25 bits per heavy atom. The number of hydrogen-bond acceptors (Lipinski definition) is 3. The first-order valence-electron chi connectivity index (χ1n) is 7.59. The lowest BCUT2D eigenvalue weighted by molar-refractivity contribution is 0.159. The third kappa shape index (κ3) is 4.46. The molecule has 0 spiro atoms. The Labute approximate surface area is 120 Å². The molecule has 2 N–H and O–H groups in total. The van der Waals surface area contributed by atoms with Gasteiger partial charge < -0.3 is 15.3 Å². The van der Waals surface area contributed by atoms with E-state index in [1.54, 1.807) is 0 Å². The monoisotopic (exact) mass is 280 g/mol. The molecule has 0 amide bonds.